The van der Waals surface area contributed by atoms with Gasteiger partial charge in [0.05, 0.1) is 11.6 Å². The Hall–Kier alpha value is -2.01. The Labute approximate surface area is 146 Å². The van der Waals surface area contributed by atoms with Crippen LogP contribution in [0.4, 0.5) is 4.79 Å². The van der Waals surface area contributed by atoms with Crippen LogP contribution in [-0.4, -0.2) is 18.1 Å². The van der Waals surface area contributed by atoms with Crippen LogP contribution in [0, 0.1) is 0 Å². The van der Waals surface area contributed by atoms with Gasteiger partial charge in [0, 0.05) is 10.7 Å². The second-order valence-corrected chi connectivity index (χ2v) is 6.72. The van der Waals surface area contributed by atoms with Crippen LogP contribution >= 0.6 is 11.6 Å². The zero-order valence-electron chi connectivity index (χ0n) is 13.6. The Bertz CT molecular complexity index is 663. The van der Waals surface area contributed by atoms with Gasteiger partial charge in [0.15, 0.2) is 0 Å². The van der Waals surface area contributed by atoms with Gasteiger partial charge < -0.3 is 15.4 Å². The number of nitrogens with one attached hydrogen (secondary N) is 2. The number of hydrogen-bond donors (Lipinski definition) is 2. The first-order valence-electron chi connectivity index (χ1n) is 8.29. The molecule has 24 heavy (non-hydrogen) atoms. The summed E-state index contributed by atoms with van der Waals surface area (Å²) in [5, 5.41) is 6.06. The number of rotatable bonds is 3. The van der Waals surface area contributed by atoms with Gasteiger partial charge in [0.1, 0.15) is 6.10 Å². The number of esters is 1. The minimum absolute atomic E-state index is 0.0324. The van der Waals surface area contributed by atoms with Crippen molar-refractivity contribution in [2.75, 3.05) is 0 Å². The fraction of sp³-hybridized carbons (Fsp3) is 0.444. The maximum Gasteiger partial charge on any atom is 0.338 e. The number of amides is 2. The molecule has 128 valence electrons. The maximum absolute atomic E-state index is 12.7. The first kappa shape index (κ1) is 16.8. The molecule has 5 nitrogen and oxygen atoms in total. The van der Waals surface area contributed by atoms with Crippen LogP contribution in [0.2, 0.25) is 5.02 Å². The lowest BCUT2D eigenvalue weighted by molar-refractivity contribution is -0.146. The summed E-state index contributed by atoms with van der Waals surface area (Å²) in [4.78, 5) is 24.6. The number of ether oxygens (including phenoxy) is 1. The summed E-state index contributed by atoms with van der Waals surface area (Å²) in [5.41, 5.74) is 1.77. The molecule has 0 saturated heterocycles. The highest BCUT2D eigenvalue weighted by Gasteiger charge is 2.33. The highest BCUT2D eigenvalue weighted by molar-refractivity contribution is 6.30. The van der Waals surface area contributed by atoms with E-state index in [0.29, 0.717) is 16.3 Å². The summed E-state index contributed by atoms with van der Waals surface area (Å²) in [6.45, 7) is 1.72. The van der Waals surface area contributed by atoms with Crippen molar-refractivity contribution < 1.29 is 14.3 Å². The molecule has 1 aliphatic carbocycles. The molecule has 0 radical (unpaired) electrons. The molecule has 2 aliphatic rings. The van der Waals surface area contributed by atoms with Crippen molar-refractivity contribution >= 4 is 23.6 Å². The zero-order chi connectivity index (χ0) is 17.1. The van der Waals surface area contributed by atoms with E-state index in [9.17, 15) is 9.59 Å². The minimum Gasteiger partial charge on any atom is -0.459 e. The molecule has 1 fully saturated rings. The molecule has 0 bridgehead atoms. The van der Waals surface area contributed by atoms with E-state index < -0.39 is 6.04 Å². The highest BCUT2D eigenvalue weighted by atomic mass is 35.5. The molecule has 2 amide bonds. The lowest BCUT2D eigenvalue weighted by Crippen LogP contribution is -2.45. The highest BCUT2D eigenvalue weighted by Crippen LogP contribution is 2.30. The SMILES string of the molecule is CC1=C(C(=O)OC2CCCCC2)[C@@H](c2ccc(Cl)cc2)NC(=O)N1. The van der Waals surface area contributed by atoms with Gasteiger partial charge in [0.2, 0.25) is 0 Å². The van der Waals surface area contributed by atoms with E-state index in [-0.39, 0.29) is 18.1 Å². The number of urea groups is 1. The first-order valence-corrected chi connectivity index (χ1v) is 8.67. The van der Waals surface area contributed by atoms with Crippen LogP contribution < -0.4 is 10.6 Å². The lowest BCUT2D eigenvalue weighted by Gasteiger charge is -2.30. The summed E-state index contributed by atoms with van der Waals surface area (Å²) < 4.78 is 5.70. The van der Waals surface area contributed by atoms with Crippen LogP contribution in [0.3, 0.4) is 0 Å². The van der Waals surface area contributed by atoms with Crippen molar-refractivity contribution in [3.8, 4) is 0 Å². The summed E-state index contributed by atoms with van der Waals surface area (Å²) in [7, 11) is 0. The van der Waals surface area contributed by atoms with E-state index in [2.05, 4.69) is 10.6 Å². The van der Waals surface area contributed by atoms with Gasteiger partial charge in [-0.1, -0.05) is 30.2 Å². The molecule has 6 heteroatoms. The number of benzene rings is 1. The summed E-state index contributed by atoms with van der Waals surface area (Å²) in [6, 6.07) is 6.22. The normalized spacial score (nSPS) is 21.9. The van der Waals surface area contributed by atoms with E-state index in [1.807, 2.05) is 0 Å². The van der Waals surface area contributed by atoms with E-state index in [0.717, 1.165) is 31.2 Å². The van der Waals surface area contributed by atoms with E-state index in [1.165, 1.54) is 6.42 Å². The minimum atomic E-state index is -0.535. The molecule has 1 atom stereocenters. The third-order valence-corrected chi connectivity index (χ3v) is 4.77. The third-order valence-electron chi connectivity index (χ3n) is 4.52. The van der Waals surface area contributed by atoms with E-state index >= 15 is 0 Å². The van der Waals surface area contributed by atoms with Crippen molar-refractivity contribution in [3.63, 3.8) is 0 Å². The zero-order valence-corrected chi connectivity index (χ0v) is 14.4. The first-order chi connectivity index (χ1) is 11.5. The molecule has 2 N–H and O–H groups in total. The van der Waals surface area contributed by atoms with E-state index in [1.54, 1.807) is 31.2 Å². The lowest BCUT2D eigenvalue weighted by atomic mass is 9.95. The van der Waals surface area contributed by atoms with Crippen molar-refractivity contribution in [2.45, 2.75) is 51.2 Å². The van der Waals surface area contributed by atoms with Crippen LogP contribution in [0.5, 0.6) is 0 Å². The Kier molecular flexibility index (Phi) is 5.09. The maximum atomic E-state index is 12.7. The molecule has 1 heterocycles. The number of allylic oxidation sites excluding steroid dienone is 1. The second kappa shape index (κ2) is 7.26. The molecule has 0 aromatic heterocycles. The van der Waals surface area contributed by atoms with Crippen LogP contribution in [0.25, 0.3) is 0 Å². The fourth-order valence-electron chi connectivity index (χ4n) is 3.27. The molecule has 0 spiro atoms. The predicted molar refractivity (Wildman–Crippen MR) is 91.5 cm³/mol. The smallest absolute Gasteiger partial charge is 0.338 e. The van der Waals surface area contributed by atoms with Crippen LogP contribution in [0.15, 0.2) is 35.5 Å². The average molecular weight is 349 g/mol. The number of hydrogen-bond acceptors (Lipinski definition) is 3. The number of carbonyl (C=O) groups is 2. The monoisotopic (exact) mass is 348 g/mol. The van der Waals surface area contributed by atoms with Crippen molar-refractivity contribution in [3.05, 3.63) is 46.1 Å². The van der Waals surface area contributed by atoms with E-state index in [4.69, 9.17) is 16.3 Å². The Morgan fingerprint density at radius 3 is 2.50 bits per heavy atom. The van der Waals surface area contributed by atoms with Crippen molar-refractivity contribution in [1.29, 1.82) is 0 Å². The van der Waals surface area contributed by atoms with Gasteiger partial charge in [0.25, 0.3) is 0 Å². The third kappa shape index (κ3) is 3.73. The quantitative estimate of drug-likeness (QED) is 0.815. The number of carbonyl (C=O) groups excluding carboxylic acids is 2. The largest absolute Gasteiger partial charge is 0.459 e. The summed E-state index contributed by atoms with van der Waals surface area (Å²) in [6.07, 6.45) is 5.15. The molecular formula is C18H21ClN2O3. The average Bonchev–Trinajstić information content (AvgIpc) is 2.55. The number of halogens is 1. The van der Waals surface area contributed by atoms with Crippen LogP contribution in [-0.2, 0) is 9.53 Å². The van der Waals surface area contributed by atoms with Gasteiger partial charge in [-0.25, -0.2) is 9.59 Å². The van der Waals surface area contributed by atoms with Gasteiger partial charge in [-0.3, -0.25) is 0 Å². The molecule has 1 saturated carbocycles. The van der Waals surface area contributed by atoms with Gasteiger partial charge >= 0.3 is 12.0 Å². The Morgan fingerprint density at radius 2 is 1.83 bits per heavy atom. The van der Waals surface area contributed by atoms with Gasteiger partial charge in [-0.2, -0.15) is 0 Å². The van der Waals surface area contributed by atoms with Crippen molar-refractivity contribution in [2.24, 2.45) is 0 Å². The fourth-order valence-corrected chi connectivity index (χ4v) is 3.39. The Balaban J connectivity index is 1.85. The van der Waals surface area contributed by atoms with Gasteiger partial charge in [-0.05, 0) is 50.3 Å². The van der Waals surface area contributed by atoms with Crippen molar-refractivity contribution in [1.82, 2.24) is 10.6 Å². The summed E-state index contributed by atoms with van der Waals surface area (Å²) in [5.74, 6) is -0.369. The standard InChI is InChI=1S/C18H21ClN2O3/c1-11-15(17(22)24-14-5-3-2-4-6-14)16(21-18(23)20-11)12-7-9-13(19)10-8-12/h7-10,14,16H,2-6H2,1H3,(H2,20,21,23)/t16-/m1/s1. The molecular weight excluding hydrogens is 328 g/mol. The van der Waals surface area contributed by atoms with Gasteiger partial charge in [-0.15, -0.1) is 0 Å². The molecule has 1 aliphatic heterocycles. The predicted octanol–water partition coefficient (Wildman–Crippen LogP) is 3.84. The topological polar surface area (TPSA) is 67.4 Å². The molecule has 1 aromatic rings. The van der Waals surface area contributed by atoms with Crippen LogP contribution in [0.1, 0.15) is 50.6 Å². The molecule has 0 unspecified atom stereocenters. The second-order valence-electron chi connectivity index (χ2n) is 6.29. The molecule has 1 aromatic carbocycles. The Morgan fingerprint density at radius 1 is 1.17 bits per heavy atom. The molecule has 3 rings (SSSR count). The summed E-state index contributed by atoms with van der Waals surface area (Å²) >= 11 is 5.93.